The minimum atomic E-state index is -0.752. The highest BCUT2D eigenvalue weighted by molar-refractivity contribution is 7.98. The number of thioether (sulfide) groups is 1. The van der Waals surface area contributed by atoms with Crippen molar-refractivity contribution < 1.29 is 14.6 Å². The Morgan fingerprint density at radius 3 is 2.58 bits per heavy atom. The number of carboxylic acids is 1. The van der Waals surface area contributed by atoms with Gasteiger partial charge in [0.1, 0.15) is 6.04 Å². The zero-order valence-electron chi connectivity index (χ0n) is 14.2. The summed E-state index contributed by atoms with van der Waals surface area (Å²) >= 11 is 1.65. The summed E-state index contributed by atoms with van der Waals surface area (Å²) in [5.74, 6) is -0.752. The maximum atomic E-state index is 11.9. The van der Waals surface area contributed by atoms with Crippen LogP contribution in [0, 0.1) is 0 Å². The molecule has 3 rings (SSSR count). The molecule has 0 bridgehead atoms. The molecule has 0 unspecified atom stereocenters. The maximum absolute atomic E-state index is 11.9. The summed E-state index contributed by atoms with van der Waals surface area (Å²) in [5.41, 5.74) is 0.888. The minimum Gasteiger partial charge on any atom is -0.480 e. The Morgan fingerprint density at radius 1 is 1.25 bits per heavy atom. The first-order chi connectivity index (χ1) is 11.7. The average molecular weight is 350 g/mol. The summed E-state index contributed by atoms with van der Waals surface area (Å²) in [5, 5.41) is 9.78. The standard InChI is InChI=1S/C18H26N2O3S/c1-24-16-4-2-3-14(13-16)17(18(21)22)20-7-5-15(6-8-20)19-9-11-23-12-10-19/h2-4,13,15,17H,5-12H2,1H3,(H,21,22)/t17-/m0/s1. The summed E-state index contributed by atoms with van der Waals surface area (Å²) in [6, 6.07) is 7.96. The van der Waals surface area contributed by atoms with Gasteiger partial charge in [0.2, 0.25) is 0 Å². The van der Waals surface area contributed by atoms with Gasteiger partial charge >= 0.3 is 5.97 Å². The number of benzene rings is 1. The molecule has 1 aromatic rings. The van der Waals surface area contributed by atoms with E-state index in [1.807, 2.05) is 30.5 Å². The predicted molar refractivity (Wildman–Crippen MR) is 95.6 cm³/mol. The quantitative estimate of drug-likeness (QED) is 0.823. The van der Waals surface area contributed by atoms with E-state index in [1.54, 1.807) is 11.8 Å². The maximum Gasteiger partial charge on any atom is 0.325 e. The fourth-order valence-electron chi connectivity index (χ4n) is 3.77. The normalized spacial score (nSPS) is 22.4. The molecule has 2 fully saturated rings. The predicted octanol–water partition coefficient (Wildman–Crippen LogP) is 2.33. The molecule has 2 saturated heterocycles. The van der Waals surface area contributed by atoms with Crippen LogP contribution in [0.25, 0.3) is 0 Å². The number of carbonyl (C=O) groups is 1. The Bertz CT molecular complexity index is 555. The van der Waals surface area contributed by atoms with Crippen molar-refractivity contribution in [3.63, 3.8) is 0 Å². The van der Waals surface area contributed by atoms with Crippen LogP contribution in [0.1, 0.15) is 24.4 Å². The number of morpholine rings is 1. The lowest BCUT2D eigenvalue weighted by molar-refractivity contribution is -0.144. The van der Waals surface area contributed by atoms with E-state index < -0.39 is 12.0 Å². The molecule has 1 aromatic carbocycles. The van der Waals surface area contributed by atoms with Gasteiger partial charge in [-0.05, 0) is 36.8 Å². The molecule has 5 nitrogen and oxygen atoms in total. The van der Waals surface area contributed by atoms with Gasteiger partial charge in [0, 0.05) is 37.1 Å². The smallest absolute Gasteiger partial charge is 0.325 e. The van der Waals surface area contributed by atoms with Crippen molar-refractivity contribution >= 4 is 17.7 Å². The third-order valence-electron chi connectivity index (χ3n) is 5.07. The summed E-state index contributed by atoms with van der Waals surface area (Å²) < 4.78 is 5.43. The van der Waals surface area contributed by atoms with Crippen LogP contribution >= 0.6 is 11.8 Å². The van der Waals surface area contributed by atoms with E-state index in [4.69, 9.17) is 4.74 Å². The molecule has 1 N–H and O–H groups in total. The second kappa shape index (κ2) is 8.34. The van der Waals surface area contributed by atoms with Gasteiger partial charge in [-0.25, -0.2) is 0 Å². The van der Waals surface area contributed by atoms with Crippen molar-refractivity contribution in [3.8, 4) is 0 Å². The highest BCUT2D eigenvalue weighted by Crippen LogP contribution is 2.29. The lowest BCUT2D eigenvalue weighted by atomic mass is 9.98. The van der Waals surface area contributed by atoms with Crippen LogP contribution in [0.15, 0.2) is 29.2 Å². The van der Waals surface area contributed by atoms with E-state index in [-0.39, 0.29) is 0 Å². The highest BCUT2D eigenvalue weighted by atomic mass is 32.2. The lowest BCUT2D eigenvalue weighted by Crippen LogP contribution is -2.50. The number of rotatable bonds is 5. The molecule has 0 radical (unpaired) electrons. The van der Waals surface area contributed by atoms with Crippen molar-refractivity contribution in [2.45, 2.75) is 29.8 Å². The van der Waals surface area contributed by atoms with Gasteiger partial charge in [-0.15, -0.1) is 11.8 Å². The Labute approximate surface area is 148 Å². The van der Waals surface area contributed by atoms with E-state index in [0.717, 1.165) is 62.7 Å². The molecule has 1 atom stereocenters. The molecule has 0 spiro atoms. The van der Waals surface area contributed by atoms with Gasteiger partial charge in [0.05, 0.1) is 13.2 Å². The monoisotopic (exact) mass is 350 g/mol. The van der Waals surface area contributed by atoms with Crippen LogP contribution in [-0.4, -0.2) is 72.6 Å². The number of ether oxygens (including phenoxy) is 1. The van der Waals surface area contributed by atoms with Crippen LogP contribution in [-0.2, 0) is 9.53 Å². The van der Waals surface area contributed by atoms with Gasteiger partial charge in [-0.1, -0.05) is 12.1 Å². The van der Waals surface area contributed by atoms with Crippen LogP contribution < -0.4 is 0 Å². The number of aliphatic carboxylic acids is 1. The Hall–Kier alpha value is -1.08. The van der Waals surface area contributed by atoms with E-state index in [2.05, 4.69) is 9.80 Å². The first-order valence-corrected chi connectivity index (χ1v) is 9.84. The zero-order chi connectivity index (χ0) is 16.9. The van der Waals surface area contributed by atoms with Gasteiger partial charge in [-0.2, -0.15) is 0 Å². The van der Waals surface area contributed by atoms with Crippen LogP contribution in [0.5, 0.6) is 0 Å². The summed E-state index contributed by atoms with van der Waals surface area (Å²) in [6.45, 7) is 5.31. The number of likely N-dealkylation sites (tertiary alicyclic amines) is 1. The molecule has 0 amide bonds. The van der Waals surface area contributed by atoms with Gasteiger partial charge in [-0.3, -0.25) is 14.6 Å². The topological polar surface area (TPSA) is 53.0 Å². The Kier molecular flexibility index (Phi) is 6.16. The van der Waals surface area contributed by atoms with Crippen LogP contribution in [0.3, 0.4) is 0 Å². The van der Waals surface area contributed by atoms with E-state index in [9.17, 15) is 9.90 Å². The molecule has 0 aromatic heterocycles. The molecule has 2 aliphatic rings. The van der Waals surface area contributed by atoms with Crippen LogP contribution in [0.4, 0.5) is 0 Å². The van der Waals surface area contributed by atoms with Crippen molar-refractivity contribution in [1.29, 1.82) is 0 Å². The third-order valence-corrected chi connectivity index (χ3v) is 5.80. The molecular weight excluding hydrogens is 324 g/mol. The number of piperidine rings is 1. The van der Waals surface area contributed by atoms with E-state index in [0.29, 0.717) is 6.04 Å². The molecule has 0 saturated carbocycles. The third kappa shape index (κ3) is 4.11. The van der Waals surface area contributed by atoms with E-state index >= 15 is 0 Å². The van der Waals surface area contributed by atoms with Gasteiger partial charge in [0.15, 0.2) is 0 Å². The van der Waals surface area contributed by atoms with Crippen molar-refractivity contribution in [1.82, 2.24) is 9.80 Å². The number of carboxylic acid groups (broad SMARTS) is 1. The number of hydrogen-bond donors (Lipinski definition) is 1. The van der Waals surface area contributed by atoms with E-state index in [1.165, 1.54) is 0 Å². The van der Waals surface area contributed by atoms with Crippen molar-refractivity contribution in [2.75, 3.05) is 45.6 Å². The molecule has 6 heteroatoms. The zero-order valence-corrected chi connectivity index (χ0v) is 15.0. The Balaban J connectivity index is 1.66. The largest absolute Gasteiger partial charge is 0.480 e. The van der Waals surface area contributed by atoms with Crippen LogP contribution in [0.2, 0.25) is 0 Å². The SMILES string of the molecule is CSc1cccc([C@@H](C(=O)O)N2CCC(N3CCOCC3)CC2)c1. The Morgan fingerprint density at radius 2 is 1.96 bits per heavy atom. The molecule has 2 aliphatic heterocycles. The lowest BCUT2D eigenvalue weighted by Gasteiger charge is -2.41. The number of hydrogen-bond acceptors (Lipinski definition) is 5. The second-order valence-corrected chi connectivity index (χ2v) is 7.31. The highest BCUT2D eigenvalue weighted by Gasteiger charge is 2.33. The summed E-state index contributed by atoms with van der Waals surface area (Å²) in [6.07, 6.45) is 4.08. The molecule has 2 heterocycles. The summed E-state index contributed by atoms with van der Waals surface area (Å²) in [7, 11) is 0. The first kappa shape index (κ1) is 17.7. The molecule has 132 valence electrons. The van der Waals surface area contributed by atoms with Crippen molar-refractivity contribution in [3.05, 3.63) is 29.8 Å². The fourth-order valence-corrected chi connectivity index (χ4v) is 4.24. The average Bonchev–Trinajstić information content (AvgIpc) is 2.63. The second-order valence-electron chi connectivity index (χ2n) is 6.43. The fraction of sp³-hybridized carbons (Fsp3) is 0.611. The summed E-state index contributed by atoms with van der Waals surface area (Å²) in [4.78, 5) is 17.6. The molecule has 0 aliphatic carbocycles. The van der Waals surface area contributed by atoms with Gasteiger partial charge < -0.3 is 9.84 Å². The molecule has 24 heavy (non-hydrogen) atoms. The van der Waals surface area contributed by atoms with Crippen molar-refractivity contribution in [2.24, 2.45) is 0 Å². The number of nitrogens with zero attached hydrogens (tertiary/aromatic N) is 2. The molecular formula is C18H26N2O3S. The first-order valence-electron chi connectivity index (χ1n) is 8.61. The minimum absolute atomic E-state index is 0.539. The van der Waals surface area contributed by atoms with Gasteiger partial charge in [0.25, 0.3) is 0 Å².